The van der Waals surface area contributed by atoms with Gasteiger partial charge in [0.2, 0.25) is 0 Å². The van der Waals surface area contributed by atoms with Crippen LogP contribution >= 0.6 is 0 Å². The predicted molar refractivity (Wildman–Crippen MR) is 43.6 cm³/mol. The van der Waals surface area contributed by atoms with Crippen LogP contribution in [0.2, 0.25) is 0 Å². The number of rotatable bonds is 3. The van der Waals surface area contributed by atoms with E-state index < -0.39 is 18.0 Å². The summed E-state index contributed by atoms with van der Waals surface area (Å²) in [6.07, 6.45) is -3.40. The third-order valence-electron chi connectivity index (χ3n) is 1.83. The molecule has 0 fully saturated rings. The van der Waals surface area contributed by atoms with Crippen LogP contribution in [0.4, 0.5) is 13.2 Å². The summed E-state index contributed by atoms with van der Waals surface area (Å²) in [6.45, 7) is 1.54. The van der Waals surface area contributed by atoms with Crippen LogP contribution in [0.15, 0.2) is 6.20 Å². The summed E-state index contributed by atoms with van der Waals surface area (Å²) in [6, 6.07) is 0. The van der Waals surface area contributed by atoms with Crippen LogP contribution in [0.3, 0.4) is 0 Å². The van der Waals surface area contributed by atoms with Crippen molar-refractivity contribution in [2.75, 3.05) is 0 Å². The Balaban J connectivity index is 2.73. The van der Waals surface area contributed by atoms with E-state index in [4.69, 9.17) is 5.11 Å². The van der Waals surface area contributed by atoms with Gasteiger partial charge < -0.3 is 5.11 Å². The first-order valence-corrected chi connectivity index (χ1v) is 4.18. The van der Waals surface area contributed by atoms with Crippen molar-refractivity contribution in [3.63, 3.8) is 0 Å². The predicted octanol–water partition coefficient (Wildman–Crippen LogP) is 1.74. The zero-order valence-electron chi connectivity index (χ0n) is 7.60. The maximum atomic E-state index is 12.3. The van der Waals surface area contributed by atoms with Gasteiger partial charge in [-0.3, -0.25) is 5.10 Å². The molecule has 0 radical (unpaired) electrons. The standard InChI is InChI=1S/C8H11F3N2O/c1-5(14)2-3-6-4-12-13-7(6)8(9,10)11/h4-5,14H,2-3H2,1H3,(H,12,13)/t5-/m0/s1. The largest absolute Gasteiger partial charge is 0.433 e. The highest BCUT2D eigenvalue weighted by Crippen LogP contribution is 2.30. The number of alkyl halides is 3. The van der Waals surface area contributed by atoms with Crippen molar-refractivity contribution in [2.24, 2.45) is 0 Å². The summed E-state index contributed by atoms with van der Waals surface area (Å²) in [5.74, 6) is 0. The molecule has 1 aromatic rings. The highest BCUT2D eigenvalue weighted by Gasteiger charge is 2.35. The van der Waals surface area contributed by atoms with Gasteiger partial charge in [0.05, 0.1) is 12.3 Å². The molecule has 80 valence electrons. The van der Waals surface area contributed by atoms with E-state index in [1.54, 1.807) is 0 Å². The quantitative estimate of drug-likeness (QED) is 0.794. The molecule has 0 aliphatic rings. The van der Waals surface area contributed by atoms with E-state index in [9.17, 15) is 13.2 Å². The van der Waals surface area contributed by atoms with Crippen LogP contribution < -0.4 is 0 Å². The molecule has 0 amide bonds. The molecule has 0 aliphatic carbocycles. The summed E-state index contributed by atoms with van der Waals surface area (Å²) in [4.78, 5) is 0. The van der Waals surface area contributed by atoms with Crippen molar-refractivity contribution in [3.8, 4) is 0 Å². The first kappa shape index (κ1) is 11.0. The SMILES string of the molecule is C[C@H](O)CCc1cn[nH]c1C(F)(F)F. The minimum Gasteiger partial charge on any atom is -0.393 e. The van der Waals surface area contributed by atoms with Crippen molar-refractivity contribution in [1.82, 2.24) is 10.2 Å². The maximum absolute atomic E-state index is 12.3. The van der Waals surface area contributed by atoms with Gasteiger partial charge in [-0.15, -0.1) is 0 Å². The van der Waals surface area contributed by atoms with Crippen LogP contribution in [-0.4, -0.2) is 21.4 Å². The van der Waals surface area contributed by atoms with Gasteiger partial charge in [0, 0.05) is 5.56 Å². The third kappa shape index (κ3) is 2.73. The molecule has 0 unspecified atom stereocenters. The van der Waals surface area contributed by atoms with Crippen molar-refractivity contribution in [1.29, 1.82) is 0 Å². The Morgan fingerprint density at radius 1 is 1.57 bits per heavy atom. The number of hydrogen-bond donors (Lipinski definition) is 2. The van der Waals surface area contributed by atoms with Gasteiger partial charge in [-0.2, -0.15) is 18.3 Å². The minimum atomic E-state index is -4.40. The average Bonchev–Trinajstić information content (AvgIpc) is 2.46. The first-order valence-electron chi connectivity index (χ1n) is 4.18. The average molecular weight is 208 g/mol. The molecular formula is C8H11F3N2O. The summed E-state index contributed by atoms with van der Waals surface area (Å²) < 4.78 is 36.8. The first-order chi connectivity index (χ1) is 6.41. The topological polar surface area (TPSA) is 48.9 Å². The van der Waals surface area contributed by atoms with E-state index >= 15 is 0 Å². The fourth-order valence-corrected chi connectivity index (χ4v) is 1.11. The van der Waals surface area contributed by atoms with Crippen LogP contribution in [0, 0.1) is 0 Å². The molecule has 3 nitrogen and oxygen atoms in total. The zero-order valence-corrected chi connectivity index (χ0v) is 7.60. The van der Waals surface area contributed by atoms with E-state index in [0.29, 0.717) is 6.42 Å². The number of nitrogens with zero attached hydrogens (tertiary/aromatic N) is 1. The molecule has 1 atom stereocenters. The molecule has 0 saturated carbocycles. The van der Waals surface area contributed by atoms with Crippen LogP contribution in [0.5, 0.6) is 0 Å². The summed E-state index contributed by atoms with van der Waals surface area (Å²) in [7, 11) is 0. The Morgan fingerprint density at radius 2 is 2.21 bits per heavy atom. The molecule has 0 bridgehead atoms. The molecule has 2 N–H and O–H groups in total. The van der Waals surface area contributed by atoms with E-state index in [1.165, 1.54) is 6.92 Å². The molecule has 1 rings (SSSR count). The summed E-state index contributed by atoms with van der Waals surface area (Å²) >= 11 is 0. The van der Waals surface area contributed by atoms with Gasteiger partial charge >= 0.3 is 6.18 Å². The third-order valence-corrected chi connectivity index (χ3v) is 1.83. The molecule has 1 heterocycles. The normalized spacial score (nSPS) is 14.4. The van der Waals surface area contributed by atoms with Gasteiger partial charge in [0.1, 0.15) is 5.69 Å². The van der Waals surface area contributed by atoms with Crippen molar-refractivity contribution in [3.05, 3.63) is 17.5 Å². The molecule has 0 spiro atoms. The lowest BCUT2D eigenvalue weighted by Gasteiger charge is -2.07. The molecule has 14 heavy (non-hydrogen) atoms. The Morgan fingerprint density at radius 3 is 2.71 bits per heavy atom. The van der Waals surface area contributed by atoms with Crippen LogP contribution in [0.25, 0.3) is 0 Å². The van der Waals surface area contributed by atoms with Crippen molar-refractivity contribution in [2.45, 2.75) is 32.0 Å². The number of nitrogens with one attached hydrogen (secondary N) is 1. The molecule has 0 saturated heterocycles. The van der Waals surface area contributed by atoms with Gasteiger partial charge in [-0.25, -0.2) is 0 Å². The second-order valence-corrected chi connectivity index (χ2v) is 3.16. The lowest BCUT2D eigenvalue weighted by atomic mass is 10.1. The number of aromatic amines is 1. The number of hydrogen-bond acceptors (Lipinski definition) is 2. The Bertz CT molecular complexity index is 293. The van der Waals surface area contributed by atoms with Gasteiger partial charge in [0.25, 0.3) is 0 Å². The van der Waals surface area contributed by atoms with E-state index in [0.717, 1.165) is 6.20 Å². The van der Waals surface area contributed by atoms with Gasteiger partial charge in [-0.05, 0) is 19.8 Å². The highest BCUT2D eigenvalue weighted by molar-refractivity contribution is 5.19. The van der Waals surface area contributed by atoms with E-state index in [2.05, 4.69) is 5.10 Å². The number of aromatic nitrogens is 2. The van der Waals surface area contributed by atoms with Crippen LogP contribution in [0.1, 0.15) is 24.6 Å². The summed E-state index contributed by atoms with van der Waals surface area (Å²) in [5, 5.41) is 14.2. The van der Waals surface area contributed by atoms with Crippen molar-refractivity contribution >= 4 is 0 Å². The number of aliphatic hydroxyl groups excluding tert-OH is 1. The minimum absolute atomic E-state index is 0.0957. The summed E-state index contributed by atoms with van der Waals surface area (Å²) in [5.41, 5.74) is -0.725. The highest BCUT2D eigenvalue weighted by atomic mass is 19.4. The molecule has 0 aromatic carbocycles. The monoisotopic (exact) mass is 208 g/mol. The number of halogens is 3. The molecule has 6 heteroatoms. The lowest BCUT2D eigenvalue weighted by Crippen LogP contribution is -2.10. The second-order valence-electron chi connectivity index (χ2n) is 3.16. The van der Waals surface area contributed by atoms with Gasteiger partial charge in [-0.1, -0.05) is 0 Å². The second kappa shape index (κ2) is 4.00. The number of aryl methyl sites for hydroxylation is 1. The lowest BCUT2D eigenvalue weighted by molar-refractivity contribution is -0.141. The Kier molecular flexibility index (Phi) is 3.15. The van der Waals surface area contributed by atoms with E-state index in [-0.39, 0.29) is 12.0 Å². The fraction of sp³-hybridized carbons (Fsp3) is 0.625. The van der Waals surface area contributed by atoms with E-state index in [1.807, 2.05) is 5.10 Å². The number of H-pyrrole nitrogens is 1. The molecule has 0 aliphatic heterocycles. The Hall–Kier alpha value is -1.04. The molecular weight excluding hydrogens is 197 g/mol. The van der Waals surface area contributed by atoms with Crippen molar-refractivity contribution < 1.29 is 18.3 Å². The maximum Gasteiger partial charge on any atom is 0.433 e. The fourth-order valence-electron chi connectivity index (χ4n) is 1.11. The Labute approximate surface area is 78.9 Å². The smallest absolute Gasteiger partial charge is 0.393 e. The zero-order chi connectivity index (χ0) is 10.8. The van der Waals surface area contributed by atoms with Crippen LogP contribution in [-0.2, 0) is 12.6 Å². The number of aliphatic hydroxyl groups is 1. The van der Waals surface area contributed by atoms with Gasteiger partial charge in [0.15, 0.2) is 0 Å². The molecule has 1 aromatic heterocycles.